The lowest BCUT2D eigenvalue weighted by Gasteiger charge is -2.07. The van der Waals surface area contributed by atoms with Gasteiger partial charge in [0.25, 0.3) is 0 Å². The normalized spacial score (nSPS) is 10.9. The molecule has 24 heavy (non-hydrogen) atoms. The molecule has 0 fully saturated rings. The van der Waals surface area contributed by atoms with E-state index in [9.17, 15) is 0 Å². The molecule has 124 valence electrons. The highest BCUT2D eigenvalue weighted by atomic mass is 35.5. The molecule has 0 bridgehead atoms. The zero-order valence-electron chi connectivity index (χ0n) is 13.7. The van der Waals surface area contributed by atoms with E-state index in [-0.39, 0.29) is 0 Å². The molecule has 1 heterocycles. The van der Waals surface area contributed by atoms with Crippen molar-refractivity contribution in [2.45, 2.75) is 37.2 Å². The summed E-state index contributed by atoms with van der Waals surface area (Å²) >= 11 is 7.65. The van der Waals surface area contributed by atoms with Gasteiger partial charge in [-0.15, -0.1) is 10.2 Å². The molecule has 5 heteroatoms. The maximum Gasteiger partial charge on any atom is 0.191 e. The molecule has 1 aromatic heterocycles. The van der Waals surface area contributed by atoms with Crippen molar-refractivity contribution in [3.63, 3.8) is 0 Å². The van der Waals surface area contributed by atoms with E-state index >= 15 is 0 Å². The molecule has 0 unspecified atom stereocenters. The molecule has 0 atom stereocenters. The van der Waals surface area contributed by atoms with Gasteiger partial charge >= 0.3 is 0 Å². The van der Waals surface area contributed by atoms with Crippen LogP contribution in [0.3, 0.4) is 0 Å². The second kappa shape index (κ2) is 8.36. The van der Waals surface area contributed by atoms with Crippen molar-refractivity contribution in [2.24, 2.45) is 0 Å². The predicted molar refractivity (Wildman–Crippen MR) is 101 cm³/mol. The Labute approximate surface area is 152 Å². The number of halogens is 1. The van der Waals surface area contributed by atoms with Crippen LogP contribution in [0.4, 0.5) is 0 Å². The van der Waals surface area contributed by atoms with E-state index in [2.05, 4.69) is 58.1 Å². The molecule has 0 aliphatic heterocycles. The minimum Gasteiger partial charge on any atom is -0.306 e. The highest BCUT2D eigenvalue weighted by Gasteiger charge is 2.11. The summed E-state index contributed by atoms with van der Waals surface area (Å²) < 4.78 is 2.21. The van der Waals surface area contributed by atoms with Crippen LogP contribution in [-0.4, -0.2) is 14.8 Å². The van der Waals surface area contributed by atoms with Crippen molar-refractivity contribution in [1.29, 1.82) is 0 Å². The zero-order valence-corrected chi connectivity index (χ0v) is 15.2. The summed E-state index contributed by atoms with van der Waals surface area (Å²) in [5, 5.41) is 10.5. The van der Waals surface area contributed by atoms with Crippen LogP contribution in [0.15, 0.2) is 59.8 Å². The zero-order chi connectivity index (χ0) is 16.8. The third-order valence-electron chi connectivity index (χ3n) is 3.87. The van der Waals surface area contributed by atoms with Gasteiger partial charge in [0.1, 0.15) is 5.82 Å². The maximum absolute atomic E-state index is 5.93. The minimum atomic E-state index is 0.767. The van der Waals surface area contributed by atoms with Crippen LogP contribution in [0, 0.1) is 0 Å². The Morgan fingerprint density at radius 1 is 0.917 bits per heavy atom. The summed E-state index contributed by atoms with van der Waals surface area (Å²) in [4.78, 5) is 0. The molecular formula is C19H20ClN3S. The monoisotopic (exact) mass is 357 g/mol. The van der Waals surface area contributed by atoms with Crippen molar-refractivity contribution < 1.29 is 0 Å². The number of aromatic nitrogens is 3. The van der Waals surface area contributed by atoms with Crippen LogP contribution in [0.1, 0.15) is 23.9 Å². The highest BCUT2D eigenvalue weighted by Crippen LogP contribution is 2.23. The molecule has 0 spiro atoms. The molecular weight excluding hydrogens is 338 g/mol. The number of rotatable bonds is 7. The number of benzene rings is 2. The van der Waals surface area contributed by atoms with Gasteiger partial charge in [-0.05, 0) is 36.6 Å². The van der Waals surface area contributed by atoms with E-state index in [0.717, 1.165) is 41.1 Å². The van der Waals surface area contributed by atoms with Crippen molar-refractivity contribution in [3.05, 3.63) is 76.6 Å². The van der Waals surface area contributed by atoms with Crippen LogP contribution < -0.4 is 0 Å². The average molecular weight is 358 g/mol. The molecule has 0 N–H and O–H groups in total. The first kappa shape index (κ1) is 17.1. The van der Waals surface area contributed by atoms with E-state index in [1.165, 1.54) is 11.1 Å². The second-order valence-electron chi connectivity index (χ2n) is 5.54. The summed E-state index contributed by atoms with van der Waals surface area (Å²) in [6, 6.07) is 18.5. The van der Waals surface area contributed by atoms with Gasteiger partial charge in [0.2, 0.25) is 0 Å². The number of nitrogens with zero attached hydrogens (tertiary/aromatic N) is 3. The van der Waals surface area contributed by atoms with E-state index in [1.54, 1.807) is 11.8 Å². The Morgan fingerprint density at radius 2 is 1.67 bits per heavy atom. The van der Waals surface area contributed by atoms with Crippen molar-refractivity contribution in [3.8, 4) is 0 Å². The summed E-state index contributed by atoms with van der Waals surface area (Å²) in [6.45, 7) is 3.03. The van der Waals surface area contributed by atoms with Crippen LogP contribution in [0.2, 0.25) is 5.02 Å². The topological polar surface area (TPSA) is 30.7 Å². The molecule has 2 aromatic carbocycles. The molecule has 0 radical (unpaired) electrons. The van der Waals surface area contributed by atoms with E-state index in [0.29, 0.717) is 0 Å². The van der Waals surface area contributed by atoms with Crippen molar-refractivity contribution >= 4 is 23.4 Å². The summed E-state index contributed by atoms with van der Waals surface area (Å²) in [6.07, 6.45) is 1.90. The Kier molecular flexibility index (Phi) is 5.94. The van der Waals surface area contributed by atoms with Gasteiger partial charge < -0.3 is 4.57 Å². The third kappa shape index (κ3) is 4.40. The second-order valence-corrected chi connectivity index (χ2v) is 6.92. The molecule has 0 aliphatic rings. The molecule has 0 amide bonds. The molecule has 3 aromatic rings. The first-order valence-electron chi connectivity index (χ1n) is 8.09. The van der Waals surface area contributed by atoms with Gasteiger partial charge in [0.15, 0.2) is 5.16 Å². The summed E-state index contributed by atoms with van der Waals surface area (Å²) in [5.41, 5.74) is 2.57. The molecule has 3 nitrogen and oxygen atoms in total. The minimum absolute atomic E-state index is 0.767. The van der Waals surface area contributed by atoms with Crippen LogP contribution >= 0.6 is 23.4 Å². The van der Waals surface area contributed by atoms with E-state index in [1.807, 2.05) is 18.2 Å². The van der Waals surface area contributed by atoms with Crippen LogP contribution in [0.5, 0.6) is 0 Å². The van der Waals surface area contributed by atoms with Gasteiger partial charge in [-0.1, -0.05) is 65.8 Å². The SMILES string of the molecule is CCn1c(CCc2ccccc2)nnc1SCc1ccc(Cl)cc1. The maximum atomic E-state index is 5.93. The van der Waals surface area contributed by atoms with Gasteiger partial charge in [-0.3, -0.25) is 0 Å². The Balaban J connectivity index is 1.64. The van der Waals surface area contributed by atoms with Crippen LogP contribution in [-0.2, 0) is 25.1 Å². The molecule has 3 rings (SSSR count). The average Bonchev–Trinajstić information content (AvgIpc) is 3.02. The molecule has 0 saturated heterocycles. The number of hydrogen-bond acceptors (Lipinski definition) is 3. The summed E-state index contributed by atoms with van der Waals surface area (Å²) in [7, 11) is 0. The first-order chi connectivity index (χ1) is 11.8. The van der Waals surface area contributed by atoms with Crippen molar-refractivity contribution in [1.82, 2.24) is 14.8 Å². The van der Waals surface area contributed by atoms with E-state index < -0.39 is 0 Å². The Bertz CT molecular complexity index is 769. The lowest BCUT2D eigenvalue weighted by atomic mass is 10.1. The smallest absolute Gasteiger partial charge is 0.191 e. The predicted octanol–water partition coefficient (Wildman–Crippen LogP) is 5.03. The molecule has 0 saturated carbocycles. The standard InChI is InChI=1S/C19H20ClN3S/c1-2-23-18(13-10-15-6-4-3-5-7-15)21-22-19(23)24-14-16-8-11-17(20)12-9-16/h3-9,11-12H,2,10,13-14H2,1H3. The highest BCUT2D eigenvalue weighted by molar-refractivity contribution is 7.98. The Morgan fingerprint density at radius 3 is 2.38 bits per heavy atom. The van der Waals surface area contributed by atoms with Gasteiger partial charge in [0.05, 0.1) is 0 Å². The largest absolute Gasteiger partial charge is 0.306 e. The fraction of sp³-hybridized carbons (Fsp3) is 0.263. The molecule has 0 aliphatic carbocycles. The fourth-order valence-corrected chi connectivity index (χ4v) is 3.66. The number of aryl methyl sites for hydroxylation is 2. The van der Waals surface area contributed by atoms with Gasteiger partial charge in [-0.25, -0.2) is 0 Å². The van der Waals surface area contributed by atoms with Gasteiger partial charge in [0, 0.05) is 23.7 Å². The first-order valence-corrected chi connectivity index (χ1v) is 9.46. The fourth-order valence-electron chi connectivity index (χ4n) is 2.56. The quantitative estimate of drug-likeness (QED) is 0.556. The van der Waals surface area contributed by atoms with Crippen LogP contribution in [0.25, 0.3) is 0 Å². The van der Waals surface area contributed by atoms with E-state index in [4.69, 9.17) is 11.6 Å². The lowest BCUT2D eigenvalue weighted by Crippen LogP contribution is -2.05. The summed E-state index contributed by atoms with van der Waals surface area (Å²) in [5.74, 6) is 1.92. The lowest BCUT2D eigenvalue weighted by molar-refractivity contribution is 0.638. The number of hydrogen-bond donors (Lipinski definition) is 0. The van der Waals surface area contributed by atoms with Crippen molar-refractivity contribution in [2.75, 3.05) is 0 Å². The van der Waals surface area contributed by atoms with Gasteiger partial charge in [-0.2, -0.15) is 0 Å². The number of thioether (sulfide) groups is 1. The third-order valence-corrected chi connectivity index (χ3v) is 5.16. The Hall–Kier alpha value is -1.78.